The first-order valence-electron chi connectivity index (χ1n) is 3.84. The molecule has 1 aromatic carbocycles. The summed E-state index contributed by atoms with van der Waals surface area (Å²) in [5.74, 6) is 0.708. The zero-order valence-electron chi connectivity index (χ0n) is 7.47. The van der Waals surface area contributed by atoms with E-state index in [4.69, 9.17) is 22.1 Å². The topological polar surface area (TPSA) is 35.2 Å². The summed E-state index contributed by atoms with van der Waals surface area (Å²) in [4.78, 5) is 0. The maximum absolute atomic E-state index is 5.89. The molecule has 72 valence electrons. The van der Waals surface area contributed by atoms with Gasteiger partial charge in [-0.15, -0.1) is 0 Å². The van der Waals surface area contributed by atoms with Crippen LogP contribution in [0, 0.1) is 0 Å². The summed E-state index contributed by atoms with van der Waals surface area (Å²) < 4.78 is 6.00. The number of methoxy groups -OCH3 is 1. The first-order chi connectivity index (χ1) is 6.06. The molecule has 0 fully saturated rings. The van der Waals surface area contributed by atoms with Crippen molar-refractivity contribution >= 4 is 27.5 Å². The van der Waals surface area contributed by atoms with Gasteiger partial charge in [-0.05, 0) is 40.5 Å². The second-order valence-corrected chi connectivity index (χ2v) is 4.03. The third kappa shape index (κ3) is 2.36. The molecule has 0 bridgehead atoms. The summed E-state index contributed by atoms with van der Waals surface area (Å²) in [6.07, 6.45) is 0. The summed E-state index contributed by atoms with van der Waals surface area (Å²) in [7, 11) is 1.60. The van der Waals surface area contributed by atoms with E-state index in [1.807, 2.05) is 13.0 Å². The number of ether oxygens (including phenoxy) is 1. The zero-order chi connectivity index (χ0) is 10.0. The molecular formula is C9H11BrClNO. The molecule has 1 aromatic rings. The van der Waals surface area contributed by atoms with Gasteiger partial charge in [0.15, 0.2) is 0 Å². The van der Waals surface area contributed by atoms with Crippen LogP contribution in [0.5, 0.6) is 5.75 Å². The number of halogens is 2. The van der Waals surface area contributed by atoms with Crippen LogP contribution in [0.3, 0.4) is 0 Å². The lowest BCUT2D eigenvalue weighted by molar-refractivity contribution is 0.411. The highest BCUT2D eigenvalue weighted by Crippen LogP contribution is 2.34. The minimum atomic E-state index is -0.0676. The Morgan fingerprint density at radius 1 is 1.54 bits per heavy atom. The van der Waals surface area contributed by atoms with Gasteiger partial charge in [-0.2, -0.15) is 0 Å². The molecule has 0 saturated heterocycles. The molecule has 0 spiro atoms. The summed E-state index contributed by atoms with van der Waals surface area (Å²) >= 11 is 9.30. The largest absolute Gasteiger partial charge is 0.496 e. The van der Waals surface area contributed by atoms with Crippen molar-refractivity contribution in [3.8, 4) is 5.75 Å². The number of hydrogen-bond donors (Lipinski definition) is 1. The average molecular weight is 265 g/mol. The van der Waals surface area contributed by atoms with E-state index in [2.05, 4.69) is 15.9 Å². The number of rotatable bonds is 2. The highest BCUT2D eigenvalue weighted by Gasteiger charge is 2.11. The summed E-state index contributed by atoms with van der Waals surface area (Å²) in [5.41, 5.74) is 6.71. The lowest BCUT2D eigenvalue weighted by atomic mass is 10.1. The molecule has 0 amide bonds. The number of nitrogens with two attached hydrogens (primary N) is 1. The molecule has 0 heterocycles. The Morgan fingerprint density at radius 3 is 2.62 bits per heavy atom. The van der Waals surface area contributed by atoms with Crippen LogP contribution in [-0.2, 0) is 0 Å². The Hall–Kier alpha value is -0.250. The molecule has 0 aliphatic rings. The normalized spacial score (nSPS) is 12.7. The highest BCUT2D eigenvalue weighted by molar-refractivity contribution is 9.10. The van der Waals surface area contributed by atoms with Crippen molar-refractivity contribution in [1.29, 1.82) is 0 Å². The van der Waals surface area contributed by atoms with Gasteiger partial charge in [0.2, 0.25) is 0 Å². The van der Waals surface area contributed by atoms with Crippen LogP contribution in [0.25, 0.3) is 0 Å². The quantitative estimate of drug-likeness (QED) is 0.891. The molecule has 0 aromatic heterocycles. The molecule has 2 N–H and O–H groups in total. The second-order valence-electron chi connectivity index (χ2n) is 2.80. The molecule has 0 saturated carbocycles. The lowest BCUT2D eigenvalue weighted by Crippen LogP contribution is -2.06. The second kappa shape index (κ2) is 4.31. The van der Waals surface area contributed by atoms with Gasteiger partial charge in [-0.3, -0.25) is 0 Å². The molecule has 4 heteroatoms. The van der Waals surface area contributed by atoms with Crippen molar-refractivity contribution in [2.45, 2.75) is 13.0 Å². The van der Waals surface area contributed by atoms with Crippen LogP contribution in [-0.4, -0.2) is 7.11 Å². The fraction of sp³-hybridized carbons (Fsp3) is 0.333. The molecule has 0 aliphatic heterocycles. The van der Waals surface area contributed by atoms with Gasteiger partial charge >= 0.3 is 0 Å². The predicted octanol–water partition coefficient (Wildman–Crippen LogP) is 3.13. The SMILES string of the molecule is COc1cc(Cl)cc(C(C)N)c1Br. The van der Waals surface area contributed by atoms with Gasteiger partial charge in [-0.1, -0.05) is 11.6 Å². The standard InChI is InChI=1S/C9H11BrClNO/c1-5(12)7-3-6(11)4-8(13-2)9(7)10/h3-5H,12H2,1-2H3. The molecular weight excluding hydrogens is 253 g/mol. The van der Waals surface area contributed by atoms with Crippen molar-refractivity contribution in [2.75, 3.05) is 7.11 Å². The van der Waals surface area contributed by atoms with E-state index >= 15 is 0 Å². The van der Waals surface area contributed by atoms with Crippen LogP contribution < -0.4 is 10.5 Å². The van der Waals surface area contributed by atoms with Crippen LogP contribution >= 0.6 is 27.5 Å². The van der Waals surface area contributed by atoms with Crippen molar-refractivity contribution in [3.63, 3.8) is 0 Å². The van der Waals surface area contributed by atoms with Gasteiger partial charge < -0.3 is 10.5 Å². The van der Waals surface area contributed by atoms with Gasteiger partial charge in [0.25, 0.3) is 0 Å². The van der Waals surface area contributed by atoms with E-state index in [1.54, 1.807) is 13.2 Å². The molecule has 1 atom stereocenters. The molecule has 2 nitrogen and oxygen atoms in total. The van der Waals surface area contributed by atoms with Crippen molar-refractivity contribution in [1.82, 2.24) is 0 Å². The van der Waals surface area contributed by atoms with E-state index in [-0.39, 0.29) is 6.04 Å². The predicted molar refractivity (Wildman–Crippen MR) is 58.3 cm³/mol. The minimum Gasteiger partial charge on any atom is -0.496 e. The Bertz CT molecular complexity index is 315. The van der Waals surface area contributed by atoms with Gasteiger partial charge in [-0.25, -0.2) is 0 Å². The third-order valence-corrected chi connectivity index (χ3v) is 2.81. The first kappa shape index (κ1) is 10.8. The van der Waals surface area contributed by atoms with E-state index < -0.39 is 0 Å². The van der Waals surface area contributed by atoms with E-state index in [1.165, 1.54) is 0 Å². The Kier molecular flexibility index (Phi) is 3.59. The van der Waals surface area contributed by atoms with Gasteiger partial charge in [0.1, 0.15) is 5.75 Å². The number of benzene rings is 1. The fourth-order valence-corrected chi connectivity index (χ4v) is 2.03. The lowest BCUT2D eigenvalue weighted by Gasteiger charge is -2.12. The Balaban J connectivity index is 3.27. The summed E-state index contributed by atoms with van der Waals surface area (Å²) in [5, 5.41) is 0.632. The number of hydrogen-bond acceptors (Lipinski definition) is 2. The Labute approximate surface area is 91.2 Å². The smallest absolute Gasteiger partial charge is 0.134 e. The third-order valence-electron chi connectivity index (χ3n) is 1.74. The first-order valence-corrected chi connectivity index (χ1v) is 5.02. The molecule has 1 unspecified atom stereocenters. The molecule has 0 aliphatic carbocycles. The zero-order valence-corrected chi connectivity index (χ0v) is 9.82. The van der Waals surface area contributed by atoms with Crippen molar-refractivity contribution in [2.24, 2.45) is 5.73 Å². The molecule has 13 heavy (non-hydrogen) atoms. The highest BCUT2D eigenvalue weighted by atomic mass is 79.9. The monoisotopic (exact) mass is 263 g/mol. The van der Waals surface area contributed by atoms with Gasteiger partial charge in [0, 0.05) is 11.1 Å². The summed E-state index contributed by atoms with van der Waals surface area (Å²) in [6.45, 7) is 1.90. The van der Waals surface area contributed by atoms with Crippen LogP contribution in [0.2, 0.25) is 5.02 Å². The van der Waals surface area contributed by atoms with Crippen molar-refractivity contribution < 1.29 is 4.74 Å². The minimum absolute atomic E-state index is 0.0676. The van der Waals surface area contributed by atoms with E-state index in [9.17, 15) is 0 Å². The van der Waals surface area contributed by atoms with Gasteiger partial charge in [0.05, 0.1) is 11.6 Å². The van der Waals surface area contributed by atoms with Crippen molar-refractivity contribution in [3.05, 3.63) is 27.2 Å². The van der Waals surface area contributed by atoms with Crippen LogP contribution in [0.4, 0.5) is 0 Å². The molecule has 1 rings (SSSR count). The fourth-order valence-electron chi connectivity index (χ4n) is 1.06. The van der Waals surface area contributed by atoms with Crippen LogP contribution in [0.1, 0.15) is 18.5 Å². The molecule has 0 radical (unpaired) electrons. The summed E-state index contributed by atoms with van der Waals surface area (Å²) in [6, 6.07) is 3.51. The van der Waals surface area contributed by atoms with Crippen LogP contribution in [0.15, 0.2) is 16.6 Å². The average Bonchev–Trinajstić information content (AvgIpc) is 2.08. The maximum atomic E-state index is 5.89. The van der Waals surface area contributed by atoms with E-state index in [0.29, 0.717) is 10.8 Å². The maximum Gasteiger partial charge on any atom is 0.134 e. The Morgan fingerprint density at radius 2 is 2.15 bits per heavy atom. The van der Waals surface area contributed by atoms with E-state index in [0.717, 1.165) is 10.0 Å².